The number of benzene rings is 1. The smallest absolute Gasteiger partial charge is 0.265 e. The summed E-state index contributed by atoms with van der Waals surface area (Å²) in [4.78, 5) is 27.2. The Labute approximate surface area is 138 Å². The third-order valence-electron chi connectivity index (χ3n) is 3.74. The molecule has 0 unspecified atom stereocenters. The molecular formula is C17H18N2O3S. The highest BCUT2D eigenvalue weighted by molar-refractivity contribution is 7.12. The second-order valence-corrected chi connectivity index (χ2v) is 6.38. The van der Waals surface area contributed by atoms with Crippen LogP contribution in [0.15, 0.2) is 41.8 Å². The molecule has 0 radical (unpaired) electrons. The maximum Gasteiger partial charge on any atom is 0.265 e. The van der Waals surface area contributed by atoms with E-state index in [0.717, 1.165) is 0 Å². The minimum Gasteiger partial charge on any atom is -0.377 e. The summed E-state index contributed by atoms with van der Waals surface area (Å²) in [5.41, 5.74) is 1.19. The van der Waals surface area contributed by atoms with E-state index in [1.165, 1.54) is 11.3 Å². The lowest BCUT2D eigenvalue weighted by Crippen LogP contribution is -2.47. The lowest BCUT2D eigenvalue weighted by Gasteiger charge is -2.33. The van der Waals surface area contributed by atoms with Crippen molar-refractivity contribution in [2.45, 2.75) is 13.0 Å². The summed E-state index contributed by atoms with van der Waals surface area (Å²) in [7, 11) is 0. The first kappa shape index (κ1) is 15.7. The Hall–Kier alpha value is -2.18. The van der Waals surface area contributed by atoms with Crippen LogP contribution in [0.4, 0.5) is 5.69 Å². The van der Waals surface area contributed by atoms with Gasteiger partial charge < -0.3 is 15.0 Å². The van der Waals surface area contributed by atoms with Crippen molar-refractivity contribution >= 4 is 28.8 Å². The zero-order valence-electron chi connectivity index (χ0n) is 12.8. The van der Waals surface area contributed by atoms with Gasteiger partial charge in [-0.05, 0) is 36.6 Å². The summed E-state index contributed by atoms with van der Waals surface area (Å²) < 4.78 is 5.37. The fraction of sp³-hybridized carbons (Fsp3) is 0.294. The van der Waals surface area contributed by atoms with Gasteiger partial charge in [0.15, 0.2) is 0 Å². The van der Waals surface area contributed by atoms with E-state index < -0.39 is 0 Å². The van der Waals surface area contributed by atoms with Crippen LogP contribution in [0, 0.1) is 0 Å². The Morgan fingerprint density at radius 1 is 1.30 bits per heavy atom. The van der Waals surface area contributed by atoms with Crippen LogP contribution < -0.4 is 5.32 Å². The van der Waals surface area contributed by atoms with E-state index in [1.807, 2.05) is 23.3 Å². The van der Waals surface area contributed by atoms with E-state index in [4.69, 9.17) is 4.74 Å². The summed E-state index contributed by atoms with van der Waals surface area (Å²) in [5, 5.41) is 4.69. The van der Waals surface area contributed by atoms with Crippen molar-refractivity contribution < 1.29 is 14.3 Å². The second kappa shape index (κ2) is 6.93. The molecule has 1 atom stereocenters. The molecule has 1 aromatic carbocycles. The molecule has 120 valence electrons. The Morgan fingerprint density at radius 2 is 2.17 bits per heavy atom. The van der Waals surface area contributed by atoms with Crippen molar-refractivity contribution in [3.05, 3.63) is 52.2 Å². The number of ether oxygens (including phenoxy) is 1. The number of thiophene rings is 1. The molecule has 1 N–H and O–H groups in total. The van der Waals surface area contributed by atoms with Crippen LogP contribution in [0.2, 0.25) is 0 Å². The monoisotopic (exact) mass is 330 g/mol. The van der Waals surface area contributed by atoms with Crippen molar-refractivity contribution in [1.82, 2.24) is 4.90 Å². The predicted molar refractivity (Wildman–Crippen MR) is 90.0 cm³/mol. The molecule has 2 aromatic rings. The molecule has 1 saturated heterocycles. The fourth-order valence-corrected chi connectivity index (χ4v) is 3.14. The fourth-order valence-electron chi connectivity index (χ4n) is 2.53. The van der Waals surface area contributed by atoms with E-state index in [0.29, 0.717) is 35.9 Å². The van der Waals surface area contributed by atoms with Gasteiger partial charge in [-0.1, -0.05) is 12.1 Å². The summed E-state index contributed by atoms with van der Waals surface area (Å²) >= 11 is 1.38. The molecule has 6 heteroatoms. The summed E-state index contributed by atoms with van der Waals surface area (Å²) in [6.07, 6.45) is 0. The number of carbonyl (C=O) groups is 2. The molecule has 3 rings (SSSR count). The zero-order valence-corrected chi connectivity index (χ0v) is 13.6. The second-order valence-electron chi connectivity index (χ2n) is 5.43. The van der Waals surface area contributed by atoms with E-state index in [-0.39, 0.29) is 17.9 Å². The van der Waals surface area contributed by atoms with Gasteiger partial charge in [0, 0.05) is 17.8 Å². The number of hydrogen-bond acceptors (Lipinski definition) is 4. The summed E-state index contributed by atoms with van der Waals surface area (Å²) in [5.74, 6) is -0.197. The number of amides is 2. The van der Waals surface area contributed by atoms with Gasteiger partial charge in [-0.15, -0.1) is 11.3 Å². The number of anilines is 1. The SMILES string of the molecule is C[C@H]1COCCN1C(=O)c1cccc(NC(=O)c2cccs2)c1. The van der Waals surface area contributed by atoms with Crippen LogP contribution >= 0.6 is 11.3 Å². The number of hydrogen-bond donors (Lipinski definition) is 1. The van der Waals surface area contributed by atoms with E-state index in [2.05, 4.69) is 5.32 Å². The normalized spacial score (nSPS) is 17.8. The van der Waals surface area contributed by atoms with Gasteiger partial charge in [0.25, 0.3) is 11.8 Å². The topological polar surface area (TPSA) is 58.6 Å². The molecule has 1 fully saturated rings. The largest absolute Gasteiger partial charge is 0.377 e. The number of carbonyl (C=O) groups excluding carboxylic acids is 2. The minimum atomic E-state index is -0.163. The third-order valence-corrected chi connectivity index (χ3v) is 4.61. The molecule has 0 aliphatic carbocycles. The van der Waals surface area contributed by atoms with Gasteiger partial charge in [-0.3, -0.25) is 9.59 Å². The maximum absolute atomic E-state index is 12.6. The van der Waals surface area contributed by atoms with Crippen molar-refractivity contribution in [1.29, 1.82) is 0 Å². The Balaban J connectivity index is 1.74. The molecule has 2 heterocycles. The molecule has 0 bridgehead atoms. The molecule has 5 nitrogen and oxygen atoms in total. The van der Waals surface area contributed by atoms with Crippen LogP contribution in [0.25, 0.3) is 0 Å². The lowest BCUT2D eigenvalue weighted by molar-refractivity contribution is 0.00359. The van der Waals surface area contributed by atoms with Gasteiger partial charge >= 0.3 is 0 Å². The molecule has 23 heavy (non-hydrogen) atoms. The molecule has 1 aromatic heterocycles. The first-order valence-electron chi connectivity index (χ1n) is 7.49. The molecule has 0 spiro atoms. The van der Waals surface area contributed by atoms with Crippen LogP contribution in [-0.2, 0) is 4.74 Å². The van der Waals surface area contributed by atoms with Crippen LogP contribution in [-0.4, -0.2) is 42.5 Å². The molecule has 1 aliphatic heterocycles. The number of nitrogens with one attached hydrogen (secondary N) is 1. The van der Waals surface area contributed by atoms with Gasteiger partial charge in [0.1, 0.15) is 0 Å². The van der Waals surface area contributed by atoms with E-state index in [1.54, 1.807) is 30.3 Å². The average molecular weight is 330 g/mol. The summed E-state index contributed by atoms with van der Waals surface area (Å²) in [6.45, 7) is 3.68. The van der Waals surface area contributed by atoms with Crippen molar-refractivity contribution in [2.75, 3.05) is 25.1 Å². The molecular weight excluding hydrogens is 312 g/mol. The predicted octanol–water partition coefficient (Wildman–Crippen LogP) is 2.86. The van der Waals surface area contributed by atoms with Gasteiger partial charge in [0.05, 0.1) is 24.1 Å². The highest BCUT2D eigenvalue weighted by atomic mass is 32.1. The maximum atomic E-state index is 12.6. The molecule has 2 amide bonds. The van der Waals surface area contributed by atoms with Crippen molar-refractivity contribution in [2.24, 2.45) is 0 Å². The average Bonchev–Trinajstić information content (AvgIpc) is 3.09. The van der Waals surface area contributed by atoms with Gasteiger partial charge in [0.2, 0.25) is 0 Å². The quantitative estimate of drug-likeness (QED) is 0.941. The third kappa shape index (κ3) is 3.60. The van der Waals surface area contributed by atoms with E-state index >= 15 is 0 Å². The van der Waals surface area contributed by atoms with Crippen LogP contribution in [0.3, 0.4) is 0 Å². The first-order valence-corrected chi connectivity index (χ1v) is 8.37. The molecule has 0 saturated carbocycles. The van der Waals surface area contributed by atoms with Gasteiger partial charge in [-0.2, -0.15) is 0 Å². The highest BCUT2D eigenvalue weighted by Gasteiger charge is 2.24. The molecule has 1 aliphatic rings. The van der Waals surface area contributed by atoms with Crippen molar-refractivity contribution in [3.8, 4) is 0 Å². The van der Waals surface area contributed by atoms with Crippen molar-refractivity contribution in [3.63, 3.8) is 0 Å². The van der Waals surface area contributed by atoms with Crippen LogP contribution in [0.1, 0.15) is 27.0 Å². The minimum absolute atomic E-state index is 0.0342. The Morgan fingerprint density at radius 3 is 2.91 bits per heavy atom. The van der Waals surface area contributed by atoms with Crippen LogP contribution in [0.5, 0.6) is 0 Å². The standard InChI is InChI=1S/C17H18N2O3S/c1-12-11-22-8-7-19(12)17(21)13-4-2-5-14(10-13)18-16(20)15-6-3-9-23-15/h2-6,9-10,12H,7-8,11H2,1H3,(H,18,20)/t12-/m0/s1. The number of nitrogens with zero attached hydrogens (tertiary/aromatic N) is 1. The zero-order chi connectivity index (χ0) is 16.2. The Bertz CT molecular complexity index is 700. The Kier molecular flexibility index (Phi) is 4.73. The lowest BCUT2D eigenvalue weighted by atomic mass is 10.1. The van der Waals surface area contributed by atoms with Gasteiger partial charge in [-0.25, -0.2) is 0 Å². The number of rotatable bonds is 3. The van der Waals surface area contributed by atoms with E-state index in [9.17, 15) is 9.59 Å². The number of morpholine rings is 1. The summed E-state index contributed by atoms with van der Waals surface area (Å²) in [6, 6.07) is 10.7. The first-order chi connectivity index (χ1) is 11.1. The highest BCUT2D eigenvalue weighted by Crippen LogP contribution is 2.18.